The van der Waals surface area contributed by atoms with Gasteiger partial charge in [0.1, 0.15) is 0 Å². The van der Waals surface area contributed by atoms with Gasteiger partial charge in [-0.1, -0.05) is 18.2 Å². The Morgan fingerprint density at radius 2 is 1.83 bits per heavy atom. The van der Waals surface area contributed by atoms with Crippen LogP contribution in [-0.4, -0.2) is 21.7 Å². The van der Waals surface area contributed by atoms with Gasteiger partial charge >= 0.3 is 0 Å². The number of nitrogens with zero attached hydrogens (tertiary/aromatic N) is 2. The first-order chi connectivity index (χ1) is 8.78. The molecule has 1 fully saturated rings. The van der Waals surface area contributed by atoms with Crippen molar-refractivity contribution in [1.29, 1.82) is 0 Å². The van der Waals surface area contributed by atoms with Gasteiger partial charge in [0.15, 0.2) is 0 Å². The average molecular weight is 261 g/mol. The van der Waals surface area contributed by atoms with Gasteiger partial charge in [-0.3, -0.25) is 0 Å². The van der Waals surface area contributed by atoms with Crippen LogP contribution in [0.2, 0.25) is 0 Å². The zero-order chi connectivity index (χ0) is 12.4. The summed E-state index contributed by atoms with van der Waals surface area (Å²) in [4.78, 5) is 0. The highest BCUT2D eigenvalue weighted by atomic mass is 32.2. The molecule has 4 nitrogen and oxygen atoms in total. The van der Waals surface area contributed by atoms with Crippen molar-refractivity contribution < 1.29 is 4.42 Å². The minimum atomic E-state index is -0.439. The van der Waals surface area contributed by atoms with Crippen molar-refractivity contribution in [2.75, 3.05) is 11.5 Å². The summed E-state index contributed by atoms with van der Waals surface area (Å²) in [5.74, 6) is 3.23. The van der Waals surface area contributed by atoms with Gasteiger partial charge in [0.2, 0.25) is 11.8 Å². The van der Waals surface area contributed by atoms with Crippen molar-refractivity contribution in [3.8, 4) is 11.5 Å². The van der Waals surface area contributed by atoms with Gasteiger partial charge in [-0.25, -0.2) is 0 Å². The molecule has 1 aromatic carbocycles. The topological polar surface area (TPSA) is 64.9 Å². The van der Waals surface area contributed by atoms with E-state index in [0.717, 1.165) is 29.9 Å². The fourth-order valence-corrected chi connectivity index (χ4v) is 3.29. The molecule has 1 aliphatic heterocycles. The van der Waals surface area contributed by atoms with Crippen molar-refractivity contribution in [3.63, 3.8) is 0 Å². The summed E-state index contributed by atoms with van der Waals surface area (Å²) in [6.45, 7) is 0. The van der Waals surface area contributed by atoms with Crippen molar-refractivity contribution in [3.05, 3.63) is 36.2 Å². The monoisotopic (exact) mass is 261 g/mol. The Balaban J connectivity index is 1.89. The number of hydrogen-bond donors (Lipinski definition) is 1. The molecule has 1 aliphatic rings. The highest BCUT2D eigenvalue weighted by Crippen LogP contribution is 2.33. The van der Waals surface area contributed by atoms with Crippen LogP contribution in [0.1, 0.15) is 18.7 Å². The normalized spacial score (nSPS) is 18.7. The van der Waals surface area contributed by atoms with Crippen LogP contribution in [0.4, 0.5) is 0 Å². The number of nitrogens with two attached hydrogens (primary N) is 1. The highest BCUT2D eigenvalue weighted by molar-refractivity contribution is 7.99. The fraction of sp³-hybridized carbons (Fsp3) is 0.385. The first kappa shape index (κ1) is 11.7. The van der Waals surface area contributed by atoms with Crippen LogP contribution >= 0.6 is 11.8 Å². The van der Waals surface area contributed by atoms with Crippen molar-refractivity contribution in [2.45, 2.75) is 18.4 Å². The second kappa shape index (κ2) is 4.74. The lowest BCUT2D eigenvalue weighted by molar-refractivity contribution is 0.311. The lowest BCUT2D eigenvalue weighted by Gasteiger charge is -2.29. The summed E-state index contributed by atoms with van der Waals surface area (Å²) in [6, 6.07) is 9.78. The van der Waals surface area contributed by atoms with Crippen molar-refractivity contribution >= 4 is 11.8 Å². The third-order valence-corrected chi connectivity index (χ3v) is 4.24. The van der Waals surface area contributed by atoms with E-state index in [1.54, 1.807) is 0 Å². The number of thioether (sulfide) groups is 1. The third kappa shape index (κ3) is 2.15. The van der Waals surface area contributed by atoms with Crippen LogP contribution in [0.15, 0.2) is 34.7 Å². The van der Waals surface area contributed by atoms with Crippen LogP contribution in [0.3, 0.4) is 0 Å². The Bertz CT molecular complexity index is 520. The first-order valence-corrected chi connectivity index (χ1v) is 7.19. The minimum Gasteiger partial charge on any atom is -0.419 e. The summed E-state index contributed by atoms with van der Waals surface area (Å²) in [7, 11) is 0. The van der Waals surface area contributed by atoms with E-state index in [4.69, 9.17) is 10.2 Å². The molecule has 5 heteroatoms. The van der Waals surface area contributed by atoms with E-state index >= 15 is 0 Å². The molecular weight excluding hydrogens is 246 g/mol. The molecule has 0 saturated carbocycles. The van der Waals surface area contributed by atoms with E-state index in [0.29, 0.717) is 11.8 Å². The molecule has 0 unspecified atom stereocenters. The number of hydrogen-bond acceptors (Lipinski definition) is 5. The smallest absolute Gasteiger partial charge is 0.247 e. The molecule has 18 heavy (non-hydrogen) atoms. The molecule has 0 amide bonds. The maximum Gasteiger partial charge on any atom is 0.247 e. The van der Waals surface area contributed by atoms with E-state index in [-0.39, 0.29) is 0 Å². The number of aromatic nitrogens is 2. The Kier molecular flexibility index (Phi) is 3.09. The second-order valence-corrected chi connectivity index (χ2v) is 5.77. The second-order valence-electron chi connectivity index (χ2n) is 4.55. The summed E-state index contributed by atoms with van der Waals surface area (Å²) in [5, 5.41) is 8.24. The van der Waals surface area contributed by atoms with Gasteiger partial charge in [-0.2, -0.15) is 11.8 Å². The molecule has 0 spiro atoms. The molecule has 2 heterocycles. The molecule has 94 valence electrons. The average Bonchev–Trinajstić information content (AvgIpc) is 2.91. The maximum absolute atomic E-state index is 6.36. The quantitative estimate of drug-likeness (QED) is 0.899. The van der Waals surface area contributed by atoms with Crippen LogP contribution in [0, 0.1) is 0 Å². The lowest BCUT2D eigenvalue weighted by atomic mass is 9.94. The van der Waals surface area contributed by atoms with Crippen molar-refractivity contribution in [1.82, 2.24) is 10.2 Å². The minimum absolute atomic E-state index is 0.439. The molecule has 1 aromatic heterocycles. The largest absolute Gasteiger partial charge is 0.419 e. The van der Waals surface area contributed by atoms with Gasteiger partial charge < -0.3 is 10.2 Å². The Morgan fingerprint density at radius 3 is 2.56 bits per heavy atom. The lowest BCUT2D eigenvalue weighted by Crippen LogP contribution is -2.40. The summed E-state index contributed by atoms with van der Waals surface area (Å²) >= 11 is 1.93. The van der Waals surface area contributed by atoms with Crippen LogP contribution in [-0.2, 0) is 5.54 Å². The molecule has 2 aromatic rings. The Morgan fingerprint density at radius 1 is 1.11 bits per heavy atom. The summed E-state index contributed by atoms with van der Waals surface area (Å²) in [5.41, 5.74) is 6.86. The molecule has 1 saturated heterocycles. The standard InChI is InChI=1S/C13H15N3OS/c14-13(6-8-18-9-7-13)12-16-15-11(17-12)10-4-2-1-3-5-10/h1-5H,6-9,14H2. The first-order valence-electron chi connectivity index (χ1n) is 6.04. The van der Waals surface area contributed by atoms with Gasteiger partial charge in [0.25, 0.3) is 0 Å². The highest BCUT2D eigenvalue weighted by Gasteiger charge is 2.35. The molecule has 3 rings (SSSR count). The van der Waals surface area contributed by atoms with Crippen LogP contribution < -0.4 is 5.73 Å². The fourth-order valence-electron chi connectivity index (χ4n) is 2.07. The van der Waals surface area contributed by atoms with Gasteiger partial charge in [-0.05, 0) is 36.5 Å². The third-order valence-electron chi connectivity index (χ3n) is 3.26. The maximum atomic E-state index is 6.36. The van der Waals surface area contributed by atoms with Gasteiger partial charge in [-0.15, -0.1) is 10.2 Å². The molecule has 0 radical (unpaired) electrons. The van der Waals surface area contributed by atoms with E-state index in [1.807, 2.05) is 42.1 Å². The predicted octanol–water partition coefficient (Wildman–Crippen LogP) is 2.42. The van der Waals surface area contributed by atoms with Gasteiger partial charge in [0, 0.05) is 5.56 Å². The predicted molar refractivity (Wildman–Crippen MR) is 72.2 cm³/mol. The molecular formula is C13H15N3OS. The molecule has 0 atom stereocenters. The molecule has 0 aliphatic carbocycles. The van der Waals surface area contributed by atoms with Crippen LogP contribution in [0.5, 0.6) is 0 Å². The Hall–Kier alpha value is -1.33. The Labute approximate surface area is 110 Å². The zero-order valence-electron chi connectivity index (χ0n) is 10.0. The molecule has 0 bridgehead atoms. The van der Waals surface area contributed by atoms with E-state index in [2.05, 4.69) is 10.2 Å². The number of benzene rings is 1. The summed E-state index contributed by atoms with van der Waals surface area (Å²) < 4.78 is 5.76. The molecule has 2 N–H and O–H groups in total. The zero-order valence-corrected chi connectivity index (χ0v) is 10.8. The van der Waals surface area contributed by atoms with E-state index < -0.39 is 5.54 Å². The van der Waals surface area contributed by atoms with Gasteiger partial charge in [0.05, 0.1) is 5.54 Å². The SMILES string of the molecule is NC1(c2nnc(-c3ccccc3)o2)CCSCC1. The van der Waals surface area contributed by atoms with E-state index in [9.17, 15) is 0 Å². The van der Waals surface area contributed by atoms with E-state index in [1.165, 1.54) is 0 Å². The summed E-state index contributed by atoms with van der Waals surface area (Å²) in [6.07, 6.45) is 1.79. The van der Waals surface area contributed by atoms with Crippen molar-refractivity contribution in [2.24, 2.45) is 5.73 Å². The van der Waals surface area contributed by atoms with Crippen LogP contribution in [0.25, 0.3) is 11.5 Å². The number of rotatable bonds is 2.